The third-order valence-corrected chi connectivity index (χ3v) is 3.19. The summed E-state index contributed by atoms with van der Waals surface area (Å²) in [6, 6.07) is 3.82. The Bertz CT molecular complexity index is 555. The zero-order valence-electron chi connectivity index (χ0n) is 11.3. The van der Waals surface area contributed by atoms with Crippen LogP contribution in [0.25, 0.3) is 0 Å². The highest BCUT2D eigenvalue weighted by Gasteiger charge is 2.15. The minimum absolute atomic E-state index is 0.0344. The Morgan fingerprint density at radius 3 is 2.80 bits per heavy atom. The van der Waals surface area contributed by atoms with Crippen molar-refractivity contribution in [2.24, 2.45) is 5.92 Å². The van der Waals surface area contributed by atoms with Crippen LogP contribution in [-0.4, -0.2) is 36.3 Å². The number of carboxylic acids is 1. The van der Waals surface area contributed by atoms with Crippen molar-refractivity contribution >= 4 is 5.97 Å². The molecule has 20 heavy (non-hydrogen) atoms. The molecule has 0 saturated heterocycles. The maximum Gasteiger partial charge on any atom is 0.303 e. The predicted octanol–water partition coefficient (Wildman–Crippen LogP) is 1.16. The van der Waals surface area contributed by atoms with Crippen molar-refractivity contribution in [3.63, 3.8) is 0 Å². The summed E-state index contributed by atoms with van der Waals surface area (Å²) < 4.78 is 1.69. The van der Waals surface area contributed by atoms with Crippen LogP contribution in [0.1, 0.15) is 31.2 Å². The van der Waals surface area contributed by atoms with Gasteiger partial charge < -0.3 is 5.11 Å². The van der Waals surface area contributed by atoms with E-state index in [9.17, 15) is 4.79 Å². The van der Waals surface area contributed by atoms with Crippen LogP contribution in [0.15, 0.2) is 24.5 Å². The monoisotopic (exact) mass is 275 g/mol. The fourth-order valence-corrected chi connectivity index (χ4v) is 2.00. The number of pyridine rings is 1. The number of rotatable bonds is 7. The summed E-state index contributed by atoms with van der Waals surface area (Å²) in [5.74, 6) is -0.0205. The van der Waals surface area contributed by atoms with Crippen molar-refractivity contribution < 1.29 is 9.90 Å². The molecule has 2 aromatic heterocycles. The highest BCUT2D eigenvalue weighted by molar-refractivity contribution is 5.66. The zero-order chi connectivity index (χ0) is 14.4. The molecule has 0 spiro atoms. The van der Waals surface area contributed by atoms with Gasteiger partial charge in [0, 0.05) is 31.8 Å². The number of nitrogens with zero attached hydrogens (tertiary/aromatic N) is 5. The lowest BCUT2D eigenvalue weighted by Crippen LogP contribution is -2.17. The molecular formula is C13H17N5O2. The molecule has 0 aliphatic carbocycles. The quantitative estimate of drug-likeness (QED) is 0.815. The van der Waals surface area contributed by atoms with Crippen molar-refractivity contribution in [3.8, 4) is 0 Å². The second-order valence-electron chi connectivity index (χ2n) is 4.68. The number of aromatic nitrogens is 5. The molecule has 0 amide bonds. The topological polar surface area (TPSA) is 93.8 Å². The molecule has 1 unspecified atom stereocenters. The number of carbonyl (C=O) groups is 1. The third kappa shape index (κ3) is 3.84. The average molecular weight is 275 g/mol. The molecule has 106 valence electrons. The van der Waals surface area contributed by atoms with Crippen LogP contribution in [0.5, 0.6) is 0 Å². The second-order valence-corrected chi connectivity index (χ2v) is 4.68. The van der Waals surface area contributed by atoms with Gasteiger partial charge in [-0.1, -0.05) is 13.3 Å². The summed E-state index contributed by atoms with van der Waals surface area (Å²) in [5.41, 5.74) is 1.07. The van der Waals surface area contributed by atoms with Gasteiger partial charge in [-0.05, 0) is 34.0 Å². The molecule has 0 fully saturated rings. The largest absolute Gasteiger partial charge is 0.481 e. The summed E-state index contributed by atoms with van der Waals surface area (Å²) >= 11 is 0. The van der Waals surface area contributed by atoms with Crippen molar-refractivity contribution in [1.82, 2.24) is 25.2 Å². The molecule has 0 bridgehead atoms. The molecule has 0 radical (unpaired) electrons. The minimum atomic E-state index is -0.791. The number of aliphatic carboxylic acids is 1. The van der Waals surface area contributed by atoms with Gasteiger partial charge in [0.05, 0.1) is 0 Å². The van der Waals surface area contributed by atoms with E-state index < -0.39 is 5.97 Å². The first kappa shape index (κ1) is 14.1. The van der Waals surface area contributed by atoms with Crippen LogP contribution >= 0.6 is 0 Å². The van der Waals surface area contributed by atoms with Gasteiger partial charge in [0.15, 0.2) is 5.82 Å². The zero-order valence-corrected chi connectivity index (χ0v) is 11.3. The molecule has 1 atom stereocenters. The van der Waals surface area contributed by atoms with E-state index >= 15 is 0 Å². The van der Waals surface area contributed by atoms with E-state index in [4.69, 9.17) is 5.11 Å². The number of hydrogen-bond donors (Lipinski definition) is 1. The van der Waals surface area contributed by atoms with Crippen molar-refractivity contribution in [3.05, 3.63) is 35.9 Å². The predicted molar refractivity (Wildman–Crippen MR) is 70.9 cm³/mol. The van der Waals surface area contributed by atoms with E-state index in [2.05, 4.69) is 20.5 Å². The summed E-state index contributed by atoms with van der Waals surface area (Å²) in [7, 11) is 0. The van der Waals surface area contributed by atoms with Gasteiger partial charge in [-0.15, -0.1) is 5.10 Å². The smallest absolute Gasteiger partial charge is 0.303 e. The molecule has 7 heteroatoms. The first-order valence-electron chi connectivity index (χ1n) is 6.54. The Kier molecular flexibility index (Phi) is 4.75. The highest BCUT2D eigenvalue weighted by Crippen LogP contribution is 2.13. The van der Waals surface area contributed by atoms with E-state index in [-0.39, 0.29) is 12.3 Å². The average Bonchev–Trinajstić information content (AvgIpc) is 2.86. The van der Waals surface area contributed by atoms with E-state index in [1.165, 1.54) is 0 Å². The molecular weight excluding hydrogens is 258 g/mol. The fraction of sp³-hybridized carbons (Fsp3) is 0.462. The van der Waals surface area contributed by atoms with Gasteiger partial charge >= 0.3 is 5.97 Å². The summed E-state index contributed by atoms with van der Waals surface area (Å²) in [4.78, 5) is 14.8. The first-order valence-corrected chi connectivity index (χ1v) is 6.54. The minimum Gasteiger partial charge on any atom is -0.481 e. The van der Waals surface area contributed by atoms with Gasteiger partial charge in [-0.25, -0.2) is 4.68 Å². The SMILES string of the molecule is CCC(CC(=O)O)Cn1nnnc1Cc1ccncc1. The van der Waals surface area contributed by atoms with E-state index in [1.807, 2.05) is 19.1 Å². The van der Waals surface area contributed by atoms with Gasteiger partial charge in [0.25, 0.3) is 0 Å². The number of tetrazole rings is 1. The molecule has 0 aliphatic heterocycles. The Morgan fingerprint density at radius 1 is 1.40 bits per heavy atom. The molecule has 0 saturated carbocycles. The van der Waals surface area contributed by atoms with Crippen LogP contribution in [0.2, 0.25) is 0 Å². The van der Waals surface area contributed by atoms with Gasteiger partial charge in [0.1, 0.15) is 0 Å². The van der Waals surface area contributed by atoms with Crippen molar-refractivity contribution in [1.29, 1.82) is 0 Å². The maximum absolute atomic E-state index is 10.8. The summed E-state index contributed by atoms with van der Waals surface area (Å²) in [5, 5.41) is 20.5. The lowest BCUT2D eigenvalue weighted by Gasteiger charge is -2.13. The van der Waals surface area contributed by atoms with Crippen LogP contribution in [0, 0.1) is 5.92 Å². The summed E-state index contributed by atoms with van der Waals surface area (Å²) in [6.07, 6.45) is 4.97. The second kappa shape index (κ2) is 6.74. The number of carboxylic acid groups (broad SMARTS) is 1. The molecule has 1 N–H and O–H groups in total. The van der Waals surface area contributed by atoms with Gasteiger partial charge in [-0.2, -0.15) is 0 Å². The number of hydrogen-bond acceptors (Lipinski definition) is 5. The molecule has 2 heterocycles. The van der Waals surface area contributed by atoms with Crippen LogP contribution in [-0.2, 0) is 17.8 Å². The van der Waals surface area contributed by atoms with Crippen LogP contribution in [0.3, 0.4) is 0 Å². The van der Waals surface area contributed by atoms with Gasteiger partial charge in [-0.3, -0.25) is 9.78 Å². The van der Waals surface area contributed by atoms with E-state index in [0.717, 1.165) is 17.8 Å². The van der Waals surface area contributed by atoms with Crippen LogP contribution < -0.4 is 0 Å². The van der Waals surface area contributed by atoms with Crippen molar-refractivity contribution in [2.75, 3.05) is 0 Å². The molecule has 2 aromatic rings. The Labute approximate surface area is 116 Å². The Morgan fingerprint density at radius 2 is 2.15 bits per heavy atom. The van der Waals surface area contributed by atoms with Crippen LogP contribution in [0.4, 0.5) is 0 Å². The Hall–Kier alpha value is -2.31. The van der Waals surface area contributed by atoms with E-state index in [1.54, 1.807) is 17.1 Å². The first-order chi connectivity index (χ1) is 9.69. The fourth-order valence-electron chi connectivity index (χ4n) is 2.00. The van der Waals surface area contributed by atoms with E-state index in [0.29, 0.717) is 13.0 Å². The molecule has 0 aliphatic rings. The third-order valence-electron chi connectivity index (χ3n) is 3.19. The molecule has 7 nitrogen and oxygen atoms in total. The normalized spacial score (nSPS) is 12.2. The highest BCUT2D eigenvalue weighted by atomic mass is 16.4. The van der Waals surface area contributed by atoms with Crippen molar-refractivity contribution in [2.45, 2.75) is 32.7 Å². The maximum atomic E-state index is 10.8. The standard InChI is InChI=1S/C13H17N5O2/c1-2-10(8-13(19)20)9-18-12(15-16-17-18)7-11-3-5-14-6-4-11/h3-6,10H,2,7-9H2,1H3,(H,19,20). The Balaban J connectivity index is 2.06. The molecule has 2 rings (SSSR count). The lowest BCUT2D eigenvalue weighted by molar-refractivity contribution is -0.138. The van der Waals surface area contributed by atoms with Gasteiger partial charge in [0.2, 0.25) is 0 Å². The molecule has 0 aromatic carbocycles. The lowest BCUT2D eigenvalue weighted by atomic mass is 10.0. The summed E-state index contributed by atoms with van der Waals surface area (Å²) in [6.45, 7) is 2.50.